The van der Waals surface area contributed by atoms with Gasteiger partial charge in [-0.05, 0) is 30.7 Å². The number of hydrogen-bond acceptors (Lipinski definition) is 3. The first-order valence-electron chi connectivity index (χ1n) is 5.25. The van der Waals surface area contributed by atoms with E-state index in [2.05, 4.69) is 28.2 Å². The summed E-state index contributed by atoms with van der Waals surface area (Å²) in [5.41, 5.74) is 0.912. The zero-order valence-corrected chi connectivity index (χ0v) is 11.1. The van der Waals surface area contributed by atoms with E-state index < -0.39 is 0 Å². The number of esters is 1. The molecule has 0 aliphatic rings. The minimum atomic E-state index is -0.387. The minimum absolute atomic E-state index is 0.258. The van der Waals surface area contributed by atoms with E-state index in [1.165, 1.54) is 7.11 Å². The van der Waals surface area contributed by atoms with Gasteiger partial charge in [-0.15, -0.1) is 0 Å². The Labute approximate surface area is 104 Å². The molecule has 0 heterocycles. The fourth-order valence-corrected chi connectivity index (χ4v) is 1.85. The van der Waals surface area contributed by atoms with E-state index in [9.17, 15) is 4.79 Å². The lowest BCUT2D eigenvalue weighted by molar-refractivity contribution is -0.143. The molecule has 0 spiro atoms. The van der Waals surface area contributed by atoms with Crippen LogP contribution in [0, 0.1) is 0 Å². The molecule has 0 bridgehead atoms. The van der Waals surface area contributed by atoms with Crippen molar-refractivity contribution in [1.82, 2.24) is 5.32 Å². The Bertz CT molecular complexity index is 355. The molecule has 0 aliphatic carbocycles. The molecule has 4 heteroatoms. The van der Waals surface area contributed by atoms with Crippen LogP contribution in [-0.2, 0) is 9.53 Å². The Morgan fingerprint density at radius 3 is 2.88 bits per heavy atom. The number of ether oxygens (including phenoxy) is 1. The van der Waals surface area contributed by atoms with Crippen molar-refractivity contribution < 1.29 is 9.53 Å². The first-order chi connectivity index (χ1) is 7.69. The van der Waals surface area contributed by atoms with Gasteiger partial charge in [0.05, 0.1) is 7.11 Å². The van der Waals surface area contributed by atoms with Crippen molar-refractivity contribution in [2.45, 2.75) is 19.4 Å². The van der Waals surface area contributed by atoms with Gasteiger partial charge in [-0.3, -0.25) is 0 Å². The molecule has 0 amide bonds. The van der Waals surface area contributed by atoms with Gasteiger partial charge in [0.2, 0.25) is 0 Å². The smallest absolute Gasteiger partial charge is 0.327 e. The van der Waals surface area contributed by atoms with Crippen molar-refractivity contribution in [3.05, 3.63) is 34.3 Å². The van der Waals surface area contributed by atoms with Gasteiger partial charge in [-0.1, -0.05) is 35.0 Å². The number of hydrogen-bond donors (Lipinski definition) is 1. The highest BCUT2D eigenvalue weighted by atomic mass is 79.9. The van der Waals surface area contributed by atoms with Crippen molar-refractivity contribution in [2.24, 2.45) is 0 Å². The van der Waals surface area contributed by atoms with Gasteiger partial charge in [0.25, 0.3) is 0 Å². The molecule has 1 rings (SSSR count). The summed E-state index contributed by atoms with van der Waals surface area (Å²) in [7, 11) is 1.40. The molecule has 1 unspecified atom stereocenters. The predicted molar refractivity (Wildman–Crippen MR) is 67.2 cm³/mol. The van der Waals surface area contributed by atoms with E-state index in [1.807, 2.05) is 24.3 Å². The third-order valence-electron chi connectivity index (χ3n) is 2.22. The quantitative estimate of drug-likeness (QED) is 0.846. The SMILES string of the molecule is CCCNC(C(=O)OC)c1cccc(Br)c1. The second kappa shape index (κ2) is 6.66. The monoisotopic (exact) mass is 285 g/mol. The van der Waals surface area contributed by atoms with Crippen LogP contribution in [0.4, 0.5) is 0 Å². The van der Waals surface area contributed by atoms with Crippen LogP contribution in [0.25, 0.3) is 0 Å². The van der Waals surface area contributed by atoms with Gasteiger partial charge < -0.3 is 10.1 Å². The molecule has 0 aromatic heterocycles. The van der Waals surface area contributed by atoms with Crippen LogP contribution in [0.15, 0.2) is 28.7 Å². The molecule has 88 valence electrons. The average molecular weight is 286 g/mol. The van der Waals surface area contributed by atoms with Crippen molar-refractivity contribution in [1.29, 1.82) is 0 Å². The Balaban J connectivity index is 2.87. The second-order valence-electron chi connectivity index (χ2n) is 3.47. The molecule has 1 aromatic rings. The first-order valence-corrected chi connectivity index (χ1v) is 6.05. The average Bonchev–Trinajstić information content (AvgIpc) is 2.29. The van der Waals surface area contributed by atoms with Crippen LogP contribution in [-0.4, -0.2) is 19.6 Å². The van der Waals surface area contributed by atoms with E-state index in [0.717, 1.165) is 23.0 Å². The third-order valence-corrected chi connectivity index (χ3v) is 2.71. The molecule has 0 fully saturated rings. The molecule has 16 heavy (non-hydrogen) atoms. The van der Waals surface area contributed by atoms with Gasteiger partial charge >= 0.3 is 5.97 Å². The number of halogens is 1. The normalized spacial score (nSPS) is 12.2. The number of nitrogens with one attached hydrogen (secondary N) is 1. The van der Waals surface area contributed by atoms with Gasteiger partial charge in [-0.25, -0.2) is 4.79 Å². The van der Waals surface area contributed by atoms with Crippen LogP contribution < -0.4 is 5.32 Å². The van der Waals surface area contributed by atoms with E-state index in [4.69, 9.17) is 4.74 Å². The Morgan fingerprint density at radius 2 is 2.31 bits per heavy atom. The standard InChI is InChI=1S/C12H16BrNO2/c1-3-7-14-11(12(15)16-2)9-5-4-6-10(13)8-9/h4-6,8,11,14H,3,7H2,1-2H3. The number of benzene rings is 1. The lowest BCUT2D eigenvalue weighted by atomic mass is 10.1. The molecule has 0 aliphatic heterocycles. The molecule has 1 N–H and O–H groups in total. The fraction of sp³-hybridized carbons (Fsp3) is 0.417. The predicted octanol–water partition coefficient (Wildman–Crippen LogP) is 2.66. The maximum atomic E-state index is 11.6. The first kappa shape index (κ1) is 13.2. The summed E-state index contributed by atoms with van der Waals surface area (Å²) < 4.78 is 5.74. The van der Waals surface area contributed by atoms with Crippen LogP contribution in [0.3, 0.4) is 0 Å². The van der Waals surface area contributed by atoms with E-state index in [-0.39, 0.29) is 12.0 Å². The second-order valence-corrected chi connectivity index (χ2v) is 4.38. The van der Waals surface area contributed by atoms with Crippen molar-refractivity contribution in [3.63, 3.8) is 0 Å². The van der Waals surface area contributed by atoms with Crippen LogP contribution in [0.2, 0.25) is 0 Å². The Kier molecular flexibility index (Phi) is 5.49. The maximum Gasteiger partial charge on any atom is 0.327 e. The summed E-state index contributed by atoms with van der Waals surface area (Å²) in [5, 5.41) is 3.17. The summed E-state index contributed by atoms with van der Waals surface area (Å²) in [5.74, 6) is -0.258. The number of rotatable bonds is 5. The highest BCUT2D eigenvalue weighted by molar-refractivity contribution is 9.10. The molecule has 0 saturated carbocycles. The summed E-state index contributed by atoms with van der Waals surface area (Å²) >= 11 is 3.39. The topological polar surface area (TPSA) is 38.3 Å². The van der Waals surface area contributed by atoms with Crippen molar-refractivity contribution >= 4 is 21.9 Å². The molecule has 3 nitrogen and oxygen atoms in total. The highest BCUT2D eigenvalue weighted by Gasteiger charge is 2.20. The third kappa shape index (κ3) is 3.61. The summed E-state index contributed by atoms with van der Waals surface area (Å²) in [6.45, 7) is 2.84. The van der Waals surface area contributed by atoms with Crippen LogP contribution in [0.1, 0.15) is 24.9 Å². The summed E-state index contributed by atoms with van der Waals surface area (Å²) in [4.78, 5) is 11.6. The van der Waals surface area contributed by atoms with Gasteiger partial charge in [0, 0.05) is 4.47 Å². The van der Waals surface area contributed by atoms with E-state index in [1.54, 1.807) is 0 Å². The van der Waals surface area contributed by atoms with Gasteiger partial charge in [0.1, 0.15) is 6.04 Å². The van der Waals surface area contributed by atoms with Crippen LogP contribution in [0.5, 0.6) is 0 Å². The zero-order chi connectivity index (χ0) is 12.0. The molecule has 0 saturated heterocycles. The molecule has 1 aromatic carbocycles. The number of carbonyl (C=O) groups excluding carboxylic acids is 1. The Hall–Kier alpha value is -0.870. The lowest BCUT2D eigenvalue weighted by Crippen LogP contribution is -2.30. The zero-order valence-electron chi connectivity index (χ0n) is 9.50. The largest absolute Gasteiger partial charge is 0.468 e. The fourth-order valence-electron chi connectivity index (χ4n) is 1.43. The molecular weight excluding hydrogens is 270 g/mol. The number of carbonyl (C=O) groups is 1. The molecule has 1 atom stereocenters. The van der Waals surface area contributed by atoms with Crippen LogP contribution >= 0.6 is 15.9 Å². The maximum absolute atomic E-state index is 11.6. The highest BCUT2D eigenvalue weighted by Crippen LogP contribution is 2.19. The van der Waals surface area contributed by atoms with Gasteiger partial charge in [-0.2, -0.15) is 0 Å². The van der Waals surface area contributed by atoms with E-state index >= 15 is 0 Å². The van der Waals surface area contributed by atoms with E-state index in [0.29, 0.717) is 0 Å². The lowest BCUT2D eigenvalue weighted by Gasteiger charge is -2.16. The summed E-state index contributed by atoms with van der Waals surface area (Å²) in [6, 6.07) is 7.28. The van der Waals surface area contributed by atoms with Gasteiger partial charge in [0.15, 0.2) is 0 Å². The summed E-state index contributed by atoms with van der Waals surface area (Å²) in [6.07, 6.45) is 0.974. The van der Waals surface area contributed by atoms with Crippen molar-refractivity contribution in [2.75, 3.05) is 13.7 Å². The number of methoxy groups -OCH3 is 1. The van der Waals surface area contributed by atoms with Crippen molar-refractivity contribution in [3.8, 4) is 0 Å². The Morgan fingerprint density at radius 1 is 1.56 bits per heavy atom. The molecule has 0 radical (unpaired) electrons. The molecular formula is C12H16BrNO2. The minimum Gasteiger partial charge on any atom is -0.468 e.